The number of aromatic hydroxyl groups is 1. The molecule has 0 aromatic heterocycles. The van der Waals surface area contributed by atoms with Gasteiger partial charge in [0.05, 0.1) is 15.6 Å². The molecule has 0 heterocycles. The van der Waals surface area contributed by atoms with Crippen molar-refractivity contribution in [1.29, 1.82) is 0 Å². The number of azo groups is 1. The highest BCUT2D eigenvalue weighted by Crippen LogP contribution is 2.39. The highest BCUT2D eigenvalue weighted by atomic mass is 35.5. The number of phenolic OH excluding ortho intramolecular Hbond substituents is 1. The molecule has 3 aromatic carbocycles. The van der Waals surface area contributed by atoms with Crippen molar-refractivity contribution in [3.63, 3.8) is 0 Å². The van der Waals surface area contributed by atoms with E-state index in [9.17, 15) is 27.5 Å². The Morgan fingerprint density at radius 2 is 1.74 bits per heavy atom. The van der Waals surface area contributed by atoms with E-state index in [1.807, 2.05) is 0 Å². The van der Waals surface area contributed by atoms with Gasteiger partial charge in [-0.1, -0.05) is 23.7 Å². The summed E-state index contributed by atoms with van der Waals surface area (Å²) in [6.45, 7) is 0. The van der Waals surface area contributed by atoms with Crippen molar-refractivity contribution in [2.45, 2.75) is 4.90 Å². The molecule has 0 radical (unpaired) electrons. The molecule has 8 nitrogen and oxygen atoms in total. The van der Waals surface area contributed by atoms with Crippen LogP contribution in [-0.4, -0.2) is 18.4 Å². The molecule has 11 heteroatoms. The Balaban J connectivity index is 2.14. The summed E-state index contributed by atoms with van der Waals surface area (Å²) in [5.74, 6) is -0.0325. The van der Waals surface area contributed by atoms with Crippen molar-refractivity contribution in [3.05, 3.63) is 63.7 Å². The minimum absolute atomic E-state index is 0.0325. The largest absolute Gasteiger partial charge is 0.507 e. The SMILES string of the molecule is O=[N+]([O-])c1cc(S(=O)(=O)F)ccc1N=Nc1ccc(O)c2cccc(Cl)c12. The van der Waals surface area contributed by atoms with E-state index in [0.717, 1.165) is 12.1 Å². The van der Waals surface area contributed by atoms with E-state index in [-0.39, 0.29) is 22.1 Å². The normalized spacial score (nSPS) is 11.9. The number of phenols is 1. The van der Waals surface area contributed by atoms with Crippen molar-refractivity contribution in [2.24, 2.45) is 10.2 Å². The molecule has 0 unspecified atom stereocenters. The Hall–Kier alpha value is -3.11. The minimum atomic E-state index is -5.10. The molecule has 0 saturated carbocycles. The summed E-state index contributed by atoms with van der Waals surface area (Å²) in [6, 6.07) is 9.97. The van der Waals surface area contributed by atoms with Crippen LogP contribution in [0, 0.1) is 10.1 Å². The standard InChI is InChI=1S/C16H9ClFN3O5S/c17-11-3-1-2-10-15(22)7-6-13(16(10)11)20-19-12-5-4-9(27(18,25)26)8-14(12)21(23)24/h1-8,22H. The lowest BCUT2D eigenvalue weighted by atomic mass is 10.1. The molecule has 138 valence electrons. The van der Waals surface area contributed by atoms with Crippen LogP contribution in [0.15, 0.2) is 63.7 Å². The number of benzene rings is 3. The average Bonchev–Trinajstić information content (AvgIpc) is 2.60. The third kappa shape index (κ3) is 3.71. The van der Waals surface area contributed by atoms with Gasteiger partial charge < -0.3 is 5.11 Å². The zero-order chi connectivity index (χ0) is 19.8. The van der Waals surface area contributed by atoms with Gasteiger partial charge in [-0.05, 0) is 30.3 Å². The van der Waals surface area contributed by atoms with E-state index in [4.69, 9.17) is 11.6 Å². The second-order valence-corrected chi connectivity index (χ2v) is 7.07. The summed E-state index contributed by atoms with van der Waals surface area (Å²) in [5, 5.41) is 29.8. The number of halogens is 2. The number of nitrogens with zero attached hydrogens (tertiary/aromatic N) is 3. The summed E-state index contributed by atoms with van der Waals surface area (Å²) in [6.07, 6.45) is 0. The molecule has 1 N–H and O–H groups in total. The summed E-state index contributed by atoms with van der Waals surface area (Å²) in [4.78, 5) is 9.40. The first kappa shape index (κ1) is 18.7. The van der Waals surface area contributed by atoms with E-state index in [1.54, 1.807) is 18.2 Å². The van der Waals surface area contributed by atoms with Gasteiger partial charge in [-0.25, -0.2) is 0 Å². The zero-order valence-corrected chi connectivity index (χ0v) is 14.8. The quantitative estimate of drug-likeness (QED) is 0.275. The molecule has 0 saturated heterocycles. The van der Waals surface area contributed by atoms with Gasteiger partial charge in [0.1, 0.15) is 10.6 Å². The van der Waals surface area contributed by atoms with E-state index >= 15 is 0 Å². The lowest BCUT2D eigenvalue weighted by Gasteiger charge is -2.05. The van der Waals surface area contributed by atoms with Crippen molar-refractivity contribution in [2.75, 3.05) is 0 Å². The lowest BCUT2D eigenvalue weighted by Crippen LogP contribution is -1.95. The van der Waals surface area contributed by atoms with Gasteiger partial charge in [-0.2, -0.15) is 8.42 Å². The minimum Gasteiger partial charge on any atom is -0.507 e. The predicted molar refractivity (Wildman–Crippen MR) is 96.2 cm³/mol. The number of fused-ring (bicyclic) bond motifs is 1. The number of nitro groups is 1. The summed E-state index contributed by atoms with van der Waals surface area (Å²) < 4.78 is 34.9. The van der Waals surface area contributed by atoms with Crippen LogP contribution in [0.3, 0.4) is 0 Å². The molecule has 0 aliphatic rings. The average molecular weight is 410 g/mol. The molecule has 3 rings (SSSR count). The highest BCUT2D eigenvalue weighted by molar-refractivity contribution is 7.86. The Morgan fingerprint density at radius 1 is 1.07 bits per heavy atom. The second kappa shape index (κ2) is 6.89. The lowest BCUT2D eigenvalue weighted by molar-refractivity contribution is -0.384. The summed E-state index contributed by atoms with van der Waals surface area (Å²) in [5.41, 5.74) is -0.780. The van der Waals surface area contributed by atoms with Gasteiger partial charge >= 0.3 is 10.2 Å². The summed E-state index contributed by atoms with van der Waals surface area (Å²) >= 11 is 6.14. The maximum Gasteiger partial charge on any atom is 0.332 e. The van der Waals surface area contributed by atoms with Crippen LogP contribution in [0.5, 0.6) is 5.75 Å². The summed E-state index contributed by atoms with van der Waals surface area (Å²) in [7, 11) is -5.10. The molecule has 0 spiro atoms. The molecule has 0 amide bonds. The van der Waals surface area contributed by atoms with Crippen molar-refractivity contribution < 1.29 is 22.3 Å². The van der Waals surface area contributed by atoms with Crippen LogP contribution in [0.4, 0.5) is 20.9 Å². The van der Waals surface area contributed by atoms with Crippen LogP contribution in [-0.2, 0) is 10.2 Å². The maximum atomic E-state index is 13.1. The van der Waals surface area contributed by atoms with Crippen molar-refractivity contribution in [3.8, 4) is 5.75 Å². The van der Waals surface area contributed by atoms with Gasteiger partial charge in [0.15, 0.2) is 5.69 Å². The van der Waals surface area contributed by atoms with Gasteiger partial charge in [0.2, 0.25) is 0 Å². The Labute approximate surface area is 156 Å². The first-order chi connectivity index (χ1) is 12.7. The third-order valence-electron chi connectivity index (χ3n) is 3.64. The molecular weight excluding hydrogens is 401 g/mol. The Morgan fingerprint density at radius 3 is 2.41 bits per heavy atom. The van der Waals surface area contributed by atoms with E-state index < -0.39 is 25.7 Å². The number of hydrogen-bond donors (Lipinski definition) is 1. The molecular formula is C16H9ClFN3O5S. The molecule has 0 aliphatic heterocycles. The Bertz CT molecular complexity index is 1210. The highest BCUT2D eigenvalue weighted by Gasteiger charge is 2.21. The van der Waals surface area contributed by atoms with Gasteiger partial charge in [-0.15, -0.1) is 14.1 Å². The van der Waals surface area contributed by atoms with E-state index in [0.29, 0.717) is 16.8 Å². The first-order valence-corrected chi connectivity index (χ1v) is 8.99. The molecule has 0 atom stereocenters. The molecule has 0 fully saturated rings. The van der Waals surface area contributed by atoms with E-state index in [2.05, 4.69) is 10.2 Å². The predicted octanol–water partition coefficient (Wildman–Crippen LogP) is 5.18. The molecule has 27 heavy (non-hydrogen) atoms. The fraction of sp³-hybridized carbons (Fsp3) is 0. The van der Waals surface area contributed by atoms with Gasteiger partial charge in [-0.3, -0.25) is 10.1 Å². The topological polar surface area (TPSA) is 122 Å². The fourth-order valence-corrected chi connectivity index (χ4v) is 3.16. The van der Waals surface area contributed by atoms with Crippen molar-refractivity contribution in [1.82, 2.24) is 0 Å². The molecule has 3 aromatic rings. The van der Waals surface area contributed by atoms with Gasteiger partial charge in [0, 0.05) is 16.8 Å². The van der Waals surface area contributed by atoms with Crippen LogP contribution in [0.25, 0.3) is 10.8 Å². The number of hydrogen-bond acceptors (Lipinski definition) is 7. The fourth-order valence-electron chi connectivity index (χ4n) is 2.41. The Kier molecular flexibility index (Phi) is 4.77. The second-order valence-electron chi connectivity index (χ2n) is 5.31. The first-order valence-electron chi connectivity index (χ1n) is 7.23. The van der Waals surface area contributed by atoms with Crippen LogP contribution in [0.1, 0.15) is 0 Å². The van der Waals surface area contributed by atoms with Crippen molar-refractivity contribution >= 4 is 49.7 Å². The van der Waals surface area contributed by atoms with E-state index in [1.165, 1.54) is 12.1 Å². The zero-order valence-electron chi connectivity index (χ0n) is 13.2. The third-order valence-corrected chi connectivity index (χ3v) is 4.77. The van der Waals surface area contributed by atoms with Crippen LogP contribution in [0.2, 0.25) is 5.02 Å². The number of nitro benzene ring substituents is 1. The monoisotopic (exact) mass is 409 g/mol. The smallest absolute Gasteiger partial charge is 0.332 e. The van der Waals surface area contributed by atoms with Crippen LogP contribution < -0.4 is 0 Å². The molecule has 0 bridgehead atoms. The van der Waals surface area contributed by atoms with Gasteiger partial charge in [0.25, 0.3) is 5.69 Å². The molecule has 0 aliphatic carbocycles. The van der Waals surface area contributed by atoms with Crippen LogP contribution >= 0.6 is 11.6 Å². The maximum absolute atomic E-state index is 13.1. The number of rotatable bonds is 4.